The minimum Gasteiger partial charge on any atom is -0.370 e. The van der Waals surface area contributed by atoms with Crippen molar-refractivity contribution < 1.29 is 22.5 Å². The molecule has 1 saturated heterocycles. The van der Waals surface area contributed by atoms with Gasteiger partial charge in [0, 0.05) is 36.7 Å². The zero-order valence-electron chi connectivity index (χ0n) is 14.0. The molecular formula is C17H17FN2O5S. The van der Waals surface area contributed by atoms with Gasteiger partial charge in [-0.25, -0.2) is 12.8 Å². The molecule has 1 unspecified atom stereocenters. The first kappa shape index (κ1) is 18.3. The number of nitro groups is 1. The van der Waals surface area contributed by atoms with Crippen molar-refractivity contribution in [3.05, 3.63) is 64.0 Å². The third-order valence-corrected chi connectivity index (χ3v) is 5.35. The summed E-state index contributed by atoms with van der Waals surface area (Å²) in [7, 11) is -3.77. The molecule has 0 N–H and O–H groups in total. The molecule has 26 heavy (non-hydrogen) atoms. The molecule has 0 aromatic heterocycles. The zero-order chi connectivity index (χ0) is 18.9. The van der Waals surface area contributed by atoms with Crippen molar-refractivity contribution in [1.29, 1.82) is 0 Å². The number of halogens is 1. The van der Waals surface area contributed by atoms with Gasteiger partial charge in [-0.2, -0.15) is 0 Å². The average Bonchev–Trinajstić information content (AvgIpc) is 2.61. The maximum absolute atomic E-state index is 14.0. The molecule has 1 aliphatic rings. The third kappa shape index (κ3) is 3.68. The lowest BCUT2D eigenvalue weighted by atomic mass is 10.1. The van der Waals surface area contributed by atoms with E-state index in [4.69, 9.17) is 4.74 Å². The van der Waals surface area contributed by atoms with Gasteiger partial charge in [0.2, 0.25) is 0 Å². The Balaban J connectivity index is 1.94. The second-order valence-corrected chi connectivity index (χ2v) is 7.99. The van der Waals surface area contributed by atoms with Gasteiger partial charge in [0.05, 0.1) is 11.5 Å². The van der Waals surface area contributed by atoms with Gasteiger partial charge in [-0.1, -0.05) is 18.2 Å². The molecular weight excluding hydrogens is 363 g/mol. The van der Waals surface area contributed by atoms with Crippen LogP contribution in [-0.2, 0) is 14.6 Å². The molecule has 0 bridgehead atoms. The Hall–Kier alpha value is -2.52. The standard InChI is InChI=1S/C17H17FN2O5S/c1-26(23,24)17-10-12(6-7-15(17)20(21)22)19-8-9-25-16(11-19)13-4-2-3-5-14(13)18/h2-7,10,16H,8-9,11H2,1H3. The van der Waals surface area contributed by atoms with Gasteiger partial charge in [-0.3, -0.25) is 10.1 Å². The summed E-state index contributed by atoms with van der Waals surface area (Å²) in [5, 5.41) is 11.1. The van der Waals surface area contributed by atoms with Crippen LogP contribution in [0, 0.1) is 15.9 Å². The Morgan fingerprint density at radius 2 is 2.00 bits per heavy atom. The summed E-state index contributed by atoms with van der Waals surface area (Å²) in [5.74, 6) is -0.375. The summed E-state index contributed by atoms with van der Waals surface area (Å²) < 4.78 is 43.5. The van der Waals surface area contributed by atoms with E-state index in [0.29, 0.717) is 30.9 Å². The van der Waals surface area contributed by atoms with Gasteiger partial charge in [0.25, 0.3) is 5.69 Å². The SMILES string of the molecule is CS(=O)(=O)c1cc(N2CCOC(c3ccccc3F)C2)ccc1[N+](=O)[O-]. The van der Waals surface area contributed by atoms with Crippen LogP contribution in [0.25, 0.3) is 0 Å². The monoisotopic (exact) mass is 380 g/mol. The van der Waals surface area contributed by atoms with Crippen LogP contribution < -0.4 is 4.90 Å². The van der Waals surface area contributed by atoms with E-state index in [2.05, 4.69) is 0 Å². The second-order valence-electron chi connectivity index (χ2n) is 6.01. The fourth-order valence-electron chi connectivity index (χ4n) is 2.96. The lowest BCUT2D eigenvalue weighted by Gasteiger charge is -2.35. The normalized spacial score (nSPS) is 17.9. The minimum absolute atomic E-state index is 0.307. The van der Waals surface area contributed by atoms with Crippen LogP contribution in [0.1, 0.15) is 11.7 Å². The number of sulfone groups is 1. The van der Waals surface area contributed by atoms with E-state index in [0.717, 1.165) is 6.26 Å². The van der Waals surface area contributed by atoms with Crippen molar-refractivity contribution in [2.24, 2.45) is 0 Å². The van der Waals surface area contributed by atoms with E-state index in [-0.39, 0.29) is 10.7 Å². The highest BCUT2D eigenvalue weighted by Crippen LogP contribution is 2.32. The molecule has 1 atom stereocenters. The molecule has 2 aromatic rings. The molecule has 0 aliphatic carbocycles. The first-order valence-electron chi connectivity index (χ1n) is 7.87. The highest BCUT2D eigenvalue weighted by atomic mass is 32.2. The van der Waals surface area contributed by atoms with E-state index in [1.165, 1.54) is 24.3 Å². The van der Waals surface area contributed by atoms with Gasteiger partial charge >= 0.3 is 0 Å². The van der Waals surface area contributed by atoms with Crippen molar-refractivity contribution in [1.82, 2.24) is 0 Å². The predicted octanol–water partition coefficient (Wildman–Crippen LogP) is 2.72. The van der Waals surface area contributed by atoms with Crippen molar-refractivity contribution in [3.8, 4) is 0 Å². The van der Waals surface area contributed by atoms with Crippen molar-refractivity contribution in [2.45, 2.75) is 11.0 Å². The van der Waals surface area contributed by atoms with Crippen LogP contribution in [0.15, 0.2) is 47.4 Å². The van der Waals surface area contributed by atoms with Crippen LogP contribution in [-0.4, -0.2) is 39.3 Å². The summed E-state index contributed by atoms with van der Waals surface area (Å²) >= 11 is 0. The van der Waals surface area contributed by atoms with Crippen molar-refractivity contribution in [3.63, 3.8) is 0 Å². The number of nitrogens with zero attached hydrogens (tertiary/aromatic N) is 2. The van der Waals surface area contributed by atoms with E-state index in [9.17, 15) is 22.9 Å². The second kappa shape index (κ2) is 7.00. The Bertz CT molecular complexity index is 948. The molecule has 1 aliphatic heterocycles. The fourth-order valence-corrected chi connectivity index (χ4v) is 3.81. The Morgan fingerprint density at radius 3 is 2.65 bits per heavy atom. The van der Waals surface area contributed by atoms with E-state index < -0.39 is 26.6 Å². The van der Waals surface area contributed by atoms with Crippen LogP contribution in [0.2, 0.25) is 0 Å². The number of hydrogen-bond donors (Lipinski definition) is 0. The van der Waals surface area contributed by atoms with Crippen LogP contribution >= 0.6 is 0 Å². The van der Waals surface area contributed by atoms with Gasteiger partial charge in [0.1, 0.15) is 16.8 Å². The smallest absolute Gasteiger partial charge is 0.288 e. The van der Waals surface area contributed by atoms with E-state index in [1.54, 1.807) is 18.2 Å². The van der Waals surface area contributed by atoms with E-state index >= 15 is 0 Å². The highest BCUT2D eigenvalue weighted by molar-refractivity contribution is 7.90. The Morgan fingerprint density at radius 1 is 1.27 bits per heavy atom. The molecule has 1 heterocycles. The molecule has 0 amide bonds. The number of morpholine rings is 1. The van der Waals surface area contributed by atoms with Crippen LogP contribution in [0.3, 0.4) is 0 Å². The molecule has 2 aromatic carbocycles. The Kier molecular flexibility index (Phi) is 4.92. The number of anilines is 1. The van der Waals surface area contributed by atoms with E-state index in [1.807, 2.05) is 4.90 Å². The first-order chi connectivity index (χ1) is 12.3. The molecule has 1 fully saturated rings. The molecule has 138 valence electrons. The van der Waals surface area contributed by atoms with Gasteiger partial charge in [0.15, 0.2) is 9.84 Å². The summed E-state index contributed by atoms with van der Waals surface area (Å²) in [6, 6.07) is 10.3. The van der Waals surface area contributed by atoms with Crippen molar-refractivity contribution in [2.75, 3.05) is 30.9 Å². The molecule has 9 heteroatoms. The van der Waals surface area contributed by atoms with Gasteiger partial charge in [-0.15, -0.1) is 0 Å². The van der Waals surface area contributed by atoms with Crippen molar-refractivity contribution >= 4 is 21.2 Å². The molecule has 0 spiro atoms. The van der Waals surface area contributed by atoms with Crippen LogP contribution in [0.4, 0.5) is 15.8 Å². The quantitative estimate of drug-likeness (QED) is 0.598. The third-order valence-electron chi connectivity index (χ3n) is 4.22. The number of ether oxygens (including phenoxy) is 1. The maximum atomic E-state index is 14.0. The summed E-state index contributed by atoms with van der Waals surface area (Å²) in [4.78, 5) is 11.9. The van der Waals surface area contributed by atoms with Gasteiger partial charge < -0.3 is 9.64 Å². The minimum atomic E-state index is -3.77. The van der Waals surface area contributed by atoms with Gasteiger partial charge in [-0.05, 0) is 18.2 Å². The number of benzene rings is 2. The topological polar surface area (TPSA) is 89.8 Å². The summed E-state index contributed by atoms with van der Waals surface area (Å²) in [5.41, 5.74) is 0.471. The lowest BCUT2D eigenvalue weighted by Crippen LogP contribution is -2.38. The predicted molar refractivity (Wildman–Crippen MR) is 93.5 cm³/mol. The first-order valence-corrected chi connectivity index (χ1v) is 9.76. The van der Waals surface area contributed by atoms with Crippen LogP contribution in [0.5, 0.6) is 0 Å². The highest BCUT2D eigenvalue weighted by Gasteiger charge is 2.27. The molecule has 0 radical (unpaired) electrons. The fraction of sp³-hybridized carbons (Fsp3) is 0.294. The maximum Gasteiger partial charge on any atom is 0.288 e. The summed E-state index contributed by atoms with van der Waals surface area (Å²) in [6.07, 6.45) is 0.419. The zero-order valence-corrected chi connectivity index (χ0v) is 14.8. The molecule has 7 nitrogen and oxygen atoms in total. The summed E-state index contributed by atoms with van der Waals surface area (Å²) in [6.45, 7) is 1.10. The number of nitro benzene ring substituents is 1. The molecule has 3 rings (SSSR count). The number of hydrogen-bond acceptors (Lipinski definition) is 6. The molecule has 0 saturated carbocycles. The number of rotatable bonds is 4. The average molecular weight is 380 g/mol. The largest absolute Gasteiger partial charge is 0.370 e. The lowest BCUT2D eigenvalue weighted by molar-refractivity contribution is -0.387. The Labute approximate surface area is 150 Å².